The van der Waals surface area contributed by atoms with Crippen molar-refractivity contribution in [2.24, 2.45) is 4.99 Å². The molecule has 9 heteroatoms. The molecular weight excluding hydrogens is 324 g/mol. The van der Waals surface area contributed by atoms with Crippen LogP contribution in [0.5, 0.6) is 0 Å². The monoisotopic (exact) mass is 343 g/mol. The summed E-state index contributed by atoms with van der Waals surface area (Å²) in [6.07, 6.45) is -0.513. The smallest absolute Gasteiger partial charge is 0.412 e. The number of aliphatic imine (C=N–C) groups is 1. The molecule has 8 nitrogen and oxygen atoms in total. The Hall–Kier alpha value is -2.09. The van der Waals surface area contributed by atoms with E-state index in [0.29, 0.717) is 0 Å². The summed E-state index contributed by atoms with van der Waals surface area (Å²) >= 11 is 5.93. The molecule has 0 bridgehead atoms. The molecule has 0 aliphatic carbocycles. The summed E-state index contributed by atoms with van der Waals surface area (Å²) in [4.78, 5) is 23.1. The standard InChI is InChI=1S/C14H21ClN4O4/c1-13(2,3)22-11(20)18-8-9(15)16-7-17-10(8)19-12(21)23-14(4,5)6/h7H,1-6H3,(H,18,20)(H,16,17,19,21)/p-1. The molecule has 128 valence electrons. The van der Waals surface area contributed by atoms with E-state index in [1.807, 2.05) is 0 Å². The van der Waals surface area contributed by atoms with Crippen molar-refractivity contribution in [3.63, 3.8) is 0 Å². The quantitative estimate of drug-likeness (QED) is 0.502. The number of hydrogen-bond donors (Lipinski definition) is 1. The predicted molar refractivity (Wildman–Crippen MR) is 84.8 cm³/mol. The van der Waals surface area contributed by atoms with Gasteiger partial charge in [0.15, 0.2) is 17.1 Å². The highest BCUT2D eigenvalue weighted by molar-refractivity contribution is 6.33. The molecule has 1 rings (SSSR count). The van der Waals surface area contributed by atoms with Crippen molar-refractivity contribution in [3.05, 3.63) is 11.5 Å². The number of halogens is 1. The number of aromatic nitrogens is 2. The summed E-state index contributed by atoms with van der Waals surface area (Å²) < 4.78 is 10.2. The maximum Gasteiger partial charge on any atom is 0.412 e. The van der Waals surface area contributed by atoms with Crippen LogP contribution in [0.15, 0.2) is 11.3 Å². The Morgan fingerprint density at radius 3 is 2.26 bits per heavy atom. The fourth-order valence-electron chi connectivity index (χ4n) is 1.32. The lowest BCUT2D eigenvalue weighted by Gasteiger charge is -2.29. The van der Waals surface area contributed by atoms with Crippen molar-refractivity contribution in [2.45, 2.75) is 52.7 Å². The van der Waals surface area contributed by atoms with E-state index in [0.717, 1.165) is 6.33 Å². The number of nitrogens with zero attached hydrogens (tertiary/aromatic N) is 3. The molecule has 1 aromatic heterocycles. The van der Waals surface area contributed by atoms with E-state index in [-0.39, 0.29) is 16.7 Å². The molecule has 0 unspecified atom stereocenters. The maximum absolute atomic E-state index is 11.8. The van der Waals surface area contributed by atoms with Crippen LogP contribution in [0.25, 0.3) is 0 Å². The van der Waals surface area contributed by atoms with Gasteiger partial charge in [0.05, 0.1) is 0 Å². The first-order valence-electron chi connectivity index (χ1n) is 6.82. The molecule has 0 saturated carbocycles. The first-order chi connectivity index (χ1) is 10.4. The highest BCUT2D eigenvalue weighted by Crippen LogP contribution is 2.29. The van der Waals surface area contributed by atoms with Crippen LogP contribution >= 0.6 is 11.6 Å². The third-order valence-electron chi connectivity index (χ3n) is 2.00. The largest absolute Gasteiger partial charge is 0.594 e. The van der Waals surface area contributed by atoms with Gasteiger partial charge in [-0.3, -0.25) is 5.32 Å². The molecule has 0 aliphatic rings. The Morgan fingerprint density at radius 2 is 1.74 bits per heavy atom. The average Bonchev–Trinajstić information content (AvgIpc) is 2.28. The van der Waals surface area contributed by atoms with Crippen molar-refractivity contribution in [2.75, 3.05) is 5.32 Å². The minimum atomic E-state index is -0.862. The van der Waals surface area contributed by atoms with Gasteiger partial charge in [-0.2, -0.15) is 0 Å². The zero-order chi connectivity index (χ0) is 17.8. The van der Waals surface area contributed by atoms with Crippen LogP contribution in [-0.4, -0.2) is 33.3 Å². The number of rotatable bonds is 2. The van der Waals surface area contributed by atoms with Gasteiger partial charge in [0, 0.05) is 5.60 Å². The second-order valence-corrected chi connectivity index (χ2v) is 6.94. The highest BCUT2D eigenvalue weighted by Gasteiger charge is 2.19. The van der Waals surface area contributed by atoms with Gasteiger partial charge < -0.3 is 14.6 Å². The lowest BCUT2D eigenvalue weighted by atomic mass is 10.2. The minimum Gasteiger partial charge on any atom is -0.594 e. The molecule has 1 amide bonds. The SMILES string of the molecule is CC(C)(C)OC(=O)Nc1c(Cl)ncnc1N=C([O-])OC(C)(C)C. The molecule has 1 N–H and O–H groups in total. The third-order valence-corrected chi connectivity index (χ3v) is 2.28. The van der Waals surface area contributed by atoms with Crippen LogP contribution in [-0.2, 0) is 9.47 Å². The van der Waals surface area contributed by atoms with Crippen molar-refractivity contribution < 1.29 is 19.4 Å². The fourth-order valence-corrected chi connectivity index (χ4v) is 1.50. The van der Waals surface area contributed by atoms with E-state index in [1.165, 1.54) is 0 Å². The number of anilines is 1. The van der Waals surface area contributed by atoms with Gasteiger partial charge in [-0.15, -0.1) is 0 Å². The van der Waals surface area contributed by atoms with E-state index in [2.05, 4.69) is 20.3 Å². The van der Waals surface area contributed by atoms with E-state index in [9.17, 15) is 9.90 Å². The first kappa shape index (κ1) is 19.0. The van der Waals surface area contributed by atoms with Crippen LogP contribution in [0.3, 0.4) is 0 Å². The lowest BCUT2D eigenvalue weighted by Crippen LogP contribution is -2.31. The summed E-state index contributed by atoms with van der Waals surface area (Å²) in [5.41, 5.74) is -1.44. The molecule has 1 heterocycles. The zero-order valence-corrected chi connectivity index (χ0v) is 14.7. The van der Waals surface area contributed by atoms with Crippen molar-refractivity contribution in [3.8, 4) is 0 Å². The van der Waals surface area contributed by atoms with Crippen LogP contribution in [0.4, 0.5) is 16.3 Å². The number of carbonyl (C=O) groups is 1. The minimum absolute atomic E-state index is 0.0331. The molecule has 0 atom stereocenters. The third kappa shape index (κ3) is 7.14. The highest BCUT2D eigenvalue weighted by atomic mass is 35.5. The van der Waals surface area contributed by atoms with E-state index < -0.39 is 23.4 Å². The Labute approximate surface area is 139 Å². The molecule has 1 aromatic rings. The Morgan fingerprint density at radius 1 is 1.17 bits per heavy atom. The van der Waals surface area contributed by atoms with Crippen LogP contribution in [0.1, 0.15) is 41.5 Å². The lowest BCUT2D eigenvalue weighted by molar-refractivity contribution is -0.259. The van der Waals surface area contributed by atoms with Crippen molar-refractivity contribution in [1.29, 1.82) is 0 Å². The summed E-state index contributed by atoms with van der Waals surface area (Å²) in [6, 6.07) is 0. The van der Waals surface area contributed by atoms with Crippen LogP contribution < -0.4 is 10.4 Å². The topological polar surface area (TPSA) is 109 Å². The number of amides is 1. The summed E-state index contributed by atoms with van der Waals surface area (Å²) in [5, 5.41) is 14.1. The van der Waals surface area contributed by atoms with Gasteiger partial charge in [-0.1, -0.05) is 32.4 Å². The Bertz CT molecular complexity index is 606. The van der Waals surface area contributed by atoms with Gasteiger partial charge in [0.1, 0.15) is 17.6 Å². The molecule has 0 aromatic carbocycles. The van der Waals surface area contributed by atoms with E-state index >= 15 is 0 Å². The van der Waals surface area contributed by atoms with Gasteiger partial charge in [-0.25, -0.2) is 19.8 Å². The Kier molecular flexibility index (Phi) is 5.76. The fraction of sp³-hybridized carbons (Fsp3) is 0.571. The van der Waals surface area contributed by atoms with Gasteiger partial charge in [0.25, 0.3) is 0 Å². The average molecular weight is 344 g/mol. The molecule has 0 aliphatic heterocycles. The van der Waals surface area contributed by atoms with E-state index in [1.54, 1.807) is 41.5 Å². The Balaban J connectivity index is 3.05. The predicted octanol–water partition coefficient (Wildman–Crippen LogP) is 2.64. The molecule has 0 spiro atoms. The normalized spacial score (nSPS) is 12.7. The molecular formula is C14H20ClN4O4-. The maximum atomic E-state index is 11.8. The number of nitrogens with one attached hydrogen (secondary N) is 1. The second-order valence-electron chi connectivity index (χ2n) is 6.58. The summed E-state index contributed by atoms with van der Waals surface area (Å²) in [5.74, 6) is -0.120. The zero-order valence-electron chi connectivity index (χ0n) is 13.9. The van der Waals surface area contributed by atoms with Crippen molar-refractivity contribution >= 4 is 35.3 Å². The number of hydrogen-bond acceptors (Lipinski definition) is 7. The van der Waals surface area contributed by atoms with Gasteiger partial charge >= 0.3 is 6.09 Å². The van der Waals surface area contributed by atoms with Crippen molar-refractivity contribution in [1.82, 2.24) is 9.97 Å². The van der Waals surface area contributed by atoms with Crippen LogP contribution in [0.2, 0.25) is 5.15 Å². The molecule has 23 heavy (non-hydrogen) atoms. The molecule has 0 saturated heterocycles. The van der Waals surface area contributed by atoms with Gasteiger partial charge in [-0.05, 0) is 20.8 Å². The van der Waals surface area contributed by atoms with Crippen LogP contribution in [0, 0.1) is 0 Å². The molecule has 0 radical (unpaired) electrons. The summed E-state index contributed by atoms with van der Waals surface area (Å²) in [6.45, 7) is 10.2. The first-order valence-corrected chi connectivity index (χ1v) is 7.20. The number of carbonyl (C=O) groups excluding carboxylic acids is 1. The summed E-state index contributed by atoms with van der Waals surface area (Å²) in [7, 11) is 0. The second kappa shape index (κ2) is 6.99. The van der Waals surface area contributed by atoms with Gasteiger partial charge in [0.2, 0.25) is 0 Å². The van der Waals surface area contributed by atoms with E-state index in [4.69, 9.17) is 21.1 Å². The number of ether oxygens (including phenoxy) is 2. The molecule has 0 fully saturated rings.